The third kappa shape index (κ3) is 4.40. The number of nitrogens with zero attached hydrogens (tertiary/aromatic N) is 2. The monoisotopic (exact) mass is 378 g/mol. The summed E-state index contributed by atoms with van der Waals surface area (Å²) in [6.45, 7) is 6.32. The minimum absolute atomic E-state index is 0.00729. The third-order valence-electron chi connectivity index (χ3n) is 5.34. The van der Waals surface area contributed by atoms with Crippen molar-refractivity contribution in [2.75, 3.05) is 33.4 Å². The molecule has 1 amide bonds. The molecule has 0 atom stereocenters. The molecule has 1 heterocycles. The molecule has 1 fully saturated rings. The van der Waals surface area contributed by atoms with Crippen LogP contribution in [-0.2, 0) is 21.3 Å². The van der Waals surface area contributed by atoms with Gasteiger partial charge >= 0.3 is 5.97 Å². The van der Waals surface area contributed by atoms with E-state index in [1.54, 1.807) is 44.4 Å². The first-order valence-corrected chi connectivity index (χ1v) is 9.47. The van der Waals surface area contributed by atoms with Crippen molar-refractivity contribution in [2.24, 2.45) is 13.0 Å². The van der Waals surface area contributed by atoms with Crippen LogP contribution in [0.3, 0.4) is 0 Å². The summed E-state index contributed by atoms with van der Waals surface area (Å²) >= 11 is 0. The zero-order valence-corrected chi connectivity index (χ0v) is 17.0. The van der Waals surface area contributed by atoms with E-state index in [1.165, 1.54) is 0 Å². The Morgan fingerprint density at radius 2 is 1.89 bits per heavy atom. The van der Waals surface area contributed by atoms with E-state index < -0.39 is 5.97 Å². The highest BCUT2D eigenvalue weighted by Crippen LogP contribution is 2.29. The van der Waals surface area contributed by atoms with Crippen LogP contribution in [0, 0.1) is 19.8 Å². The number of carbonyl (C=O) groups excluding carboxylic acids is 3. The largest absolute Gasteiger partial charge is 0.461 e. The molecule has 0 unspecified atom stereocenters. The normalized spacial score (nSPS) is 14.0. The zero-order chi connectivity index (χ0) is 20.1. The number of Topliss-reactive ketones (excluding diaryl/α,β-unsaturated/α-hetero) is 1. The second kappa shape index (κ2) is 9.17. The number of rotatable bonds is 9. The average molecular weight is 378 g/mol. The summed E-state index contributed by atoms with van der Waals surface area (Å²) in [6.07, 6.45) is 2.82. The van der Waals surface area contributed by atoms with Gasteiger partial charge < -0.3 is 18.9 Å². The first kappa shape index (κ1) is 21.2. The first-order valence-electron chi connectivity index (χ1n) is 9.47. The Balaban J connectivity index is 2.25. The fourth-order valence-electron chi connectivity index (χ4n) is 3.51. The third-order valence-corrected chi connectivity index (χ3v) is 5.34. The molecule has 0 aliphatic heterocycles. The van der Waals surface area contributed by atoms with Crippen LogP contribution in [-0.4, -0.2) is 60.5 Å². The van der Waals surface area contributed by atoms with E-state index in [0.717, 1.165) is 19.3 Å². The van der Waals surface area contributed by atoms with E-state index >= 15 is 0 Å². The van der Waals surface area contributed by atoms with Crippen molar-refractivity contribution in [3.8, 4) is 0 Å². The van der Waals surface area contributed by atoms with Crippen LogP contribution in [0.15, 0.2) is 0 Å². The molecular weight excluding hydrogens is 348 g/mol. The Labute approximate surface area is 160 Å². The average Bonchev–Trinajstić information content (AvgIpc) is 2.79. The second-order valence-electron chi connectivity index (χ2n) is 7.02. The summed E-state index contributed by atoms with van der Waals surface area (Å²) in [5, 5.41) is 0. The highest BCUT2D eigenvalue weighted by molar-refractivity contribution is 6.04. The van der Waals surface area contributed by atoms with Crippen LogP contribution in [0.2, 0.25) is 0 Å². The van der Waals surface area contributed by atoms with E-state index in [9.17, 15) is 14.4 Å². The molecule has 1 aromatic heterocycles. The van der Waals surface area contributed by atoms with E-state index in [2.05, 4.69) is 0 Å². The molecule has 27 heavy (non-hydrogen) atoms. The molecule has 1 aliphatic rings. The van der Waals surface area contributed by atoms with Gasteiger partial charge in [0.25, 0.3) is 0 Å². The number of hydrogen-bond acceptors (Lipinski definition) is 5. The molecule has 0 radical (unpaired) electrons. The summed E-state index contributed by atoms with van der Waals surface area (Å²) in [5.41, 5.74) is 2.17. The van der Waals surface area contributed by atoms with E-state index in [4.69, 9.17) is 9.47 Å². The standard InChI is InChI=1S/C20H30N2O5/c1-6-27-20(25)18-13(2)17(14(3)21(18)4)16(23)12-22(10-11-26-5)19(24)15-8-7-9-15/h15H,6-12H2,1-5H3. The van der Waals surface area contributed by atoms with Gasteiger partial charge in [-0.15, -0.1) is 0 Å². The highest BCUT2D eigenvalue weighted by atomic mass is 16.5. The molecular formula is C20H30N2O5. The number of esters is 1. The topological polar surface area (TPSA) is 77.8 Å². The molecule has 1 saturated carbocycles. The molecule has 0 bridgehead atoms. The van der Waals surface area contributed by atoms with Crippen molar-refractivity contribution in [2.45, 2.75) is 40.0 Å². The van der Waals surface area contributed by atoms with Crippen molar-refractivity contribution in [3.05, 3.63) is 22.5 Å². The van der Waals surface area contributed by atoms with E-state index in [1.807, 2.05) is 0 Å². The molecule has 0 saturated heterocycles. The summed E-state index contributed by atoms with van der Waals surface area (Å²) in [4.78, 5) is 39.5. The maximum Gasteiger partial charge on any atom is 0.355 e. The second-order valence-corrected chi connectivity index (χ2v) is 7.02. The van der Waals surface area contributed by atoms with Gasteiger partial charge in [-0.3, -0.25) is 9.59 Å². The minimum atomic E-state index is -0.443. The summed E-state index contributed by atoms with van der Waals surface area (Å²) in [7, 11) is 3.32. The van der Waals surface area contributed by atoms with Crippen molar-refractivity contribution in [1.29, 1.82) is 0 Å². The first-order chi connectivity index (χ1) is 12.8. The molecule has 1 aliphatic carbocycles. The van der Waals surface area contributed by atoms with Crippen molar-refractivity contribution in [3.63, 3.8) is 0 Å². The predicted molar refractivity (Wildman–Crippen MR) is 101 cm³/mol. The van der Waals surface area contributed by atoms with Gasteiger partial charge in [0, 0.05) is 37.9 Å². The van der Waals surface area contributed by atoms with E-state index in [0.29, 0.717) is 35.7 Å². The molecule has 1 aromatic rings. The molecule has 2 rings (SSSR count). The SMILES string of the molecule is CCOC(=O)c1c(C)c(C(=O)CN(CCOC)C(=O)C2CCC2)c(C)n1C. The lowest BCUT2D eigenvalue weighted by atomic mass is 9.84. The number of aromatic nitrogens is 1. The fourth-order valence-corrected chi connectivity index (χ4v) is 3.51. The Morgan fingerprint density at radius 3 is 2.41 bits per heavy atom. The zero-order valence-electron chi connectivity index (χ0n) is 17.0. The molecule has 0 spiro atoms. The van der Waals surface area contributed by atoms with Crippen LogP contribution >= 0.6 is 0 Å². The predicted octanol–water partition coefficient (Wildman–Crippen LogP) is 2.28. The van der Waals surface area contributed by atoms with Gasteiger partial charge in [-0.2, -0.15) is 0 Å². The lowest BCUT2D eigenvalue weighted by Gasteiger charge is -2.31. The number of carbonyl (C=O) groups is 3. The highest BCUT2D eigenvalue weighted by Gasteiger charge is 2.32. The molecule has 7 nitrogen and oxygen atoms in total. The fraction of sp³-hybridized carbons (Fsp3) is 0.650. The van der Waals surface area contributed by atoms with Gasteiger partial charge in [0.05, 0.1) is 19.8 Å². The quantitative estimate of drug-likeness (QED) is 0.487. The summed E-state index contributed by atoms with van der Waals surface area (Å²) in [6, 6.07) is 0. The van der Waals surface area contributed by atoms with Crippen molar-refractivity contribution in [1.82, 2.24) is 9.47 Å². The Morgan fingerprint density at radius 1 is 1.22 bits per heavy atom. The summed E-state index contributed by atoms with van der Waals surface area (Å²) < 4.78 is 11.9. The Kier molecular flexibility index (Phi) is 7.18. The number of hydrogen-bond donors (Lipinski definition) is 0. The van der Waals surface area contributed by atoms with Crippen LogP contribution in [0.5, 0.6) is 0 Å². The number of ketones is 1. The lowest BCUT2D eigenvalue weighted by molar-refractivity contribution is -0.138. The van der Waals surface area contributed by atoms with Crippen LogP contribution in [0.1, 0.15) is 58.3 Å². The minimum Gasteiger partial charge on any atom is -0.461 e. The Bertz CT molecular complexity index is 718. The lowest BCUT2D eigenvalue weighted by Crippen LogP contribution is -2.43. The summed E-state index contributed by atoms with van der Waals surface area (Å²) in [5.74, 6) is -0.576. The maximum absolute atomic E-state index is 13.0. The van der Waals surface area contributed by atoms with Gasteiger partial charge in [-0.25, -0.2) is 4.79 Å². The van der Waals surface area contributed by atoms with Crippen LogP contribution in [0.25, 0.3) is 0 Å². The van der Waals surface area contributed by atoms with Gasteiger partial charge in [0.1, 0.15) is 5.69 Å². The number of ether oxygens (including phenoxy) is 2. The molecule has 7 heteroatoms. The van der Waals surface area contributed by atoms with Crippen LogP contribution in [0.4, 0.5) is 0 Å². The Hall–Kier alpha value is -2.15. The smallest absolute Gasteiger partial charge is 0.355 e. The number of amides is 1. The van der Waals surface area contributed by atoms with Gasteiger partial charge in [0.15, 0.2) is 5.78 Å². The molecule has 150 valence electrons. The van der Waals surface area contributed by atoms with Gasteiger partial charge in [-0.1, -0.05) is 6.42 Å². The van der Waals surface area contributed by atoms with Crippen molar-refractivity contribution >= 4 is 17.7 Å². The number of methoxy groups -OCH3 is 1. The van der Waals surface area contributed by atoms with Gasteiger partial charge in [0.2, 0.25) is 5.91 Å². The molecule has 0 N–H and O–H groups in total. The maximum atomic E-state index is 13.0. The van der Waals surface area contributed by atoms with Crippen molar-refractivity contribution < 1.29 is 23.9 Å². The van der Waals surface area contributed by atoms with E-state index in [-0.39, 0.29) is 30.8 Å². The van der Waals surface area contributed by atoms with Crippen LogP contribution < -0.4 is 0 Å². The van der Waals surface area contributed by atoms with Gasteiger partial charge in [-0.05, 0) is 39.2 Å². The molecule has 0 aromatic carbocycles.